The quantitative estimate of drug-likeness (QED) is 0.863. The highest BCUT2D eigenvalue weighted by atomic mass is 35.5. The number of carbonyl (C=O) groups excluding carboxylic acids is 2. The van der Waals surface area contributed by atoms with Gasteiger partial charge in [0.15, 0.2) is 0 Å². The summed E-state index contributed by atoms with van der Waals surface area (Å²) in [5, 5.41) is 2.96. The second kappa shape index (κ2) is 6.50. The van der Waals surface area contributed by atoms with Gasteiger partial charge in [-0.1, -0.05) is 11.6 Å². The fourth-order valence-corrected chi connectivity index (χ4v) is 3.62. The first-order valence-corrected chi connectivity index (χ1v) is 8.79. The van der Waals surface area contributed by atoms with Crippen molar-refractivity contribution < 1.29 is 28.2 Å². The molecule has 140 valence electrons. The van der Waals surface area contributed by atoms with E-state index in [0.29, 0.717) is 38.3 Å². The Kier molecular flexibility index (Phi) is 4.30. The van der Waals surface area contributed by atoms with Crippen molar-refractivity contribution in [2.24, 2.45) is 5.92 Å². The number of hydrogen-bond acceptors (Lipinski definition) is 5. The number of alkyl carbamates (subject to hydrolysis) is 1. The van der Waals surface area contributed by atoms with E-state index in [4.69, 9.17) is 25.8 Å². The SMILES string of the molecule is O=C1NC2(CO1)CN(C(=O)O[C@H]1C[C@@H](COc3ccc(F)cc3Cl)C1)C2. The average molecular weight is 385 g/mol. The number of benzene rings is 1. The zero-order valence-electron chi connectivity index (χ0n) is 13.9. The number of cyclic esters (lactones) is 1. The van der Waals surface area contributed by atoms with Crippen LogP contribution in [0.3, 0.4) is 0 Å². The van der Waals surface area contributed by atoms with Gasteiger partial charge in [0, 0.05) is 0 Å². The number of halogens is 2. The van der Waals surface area contributed by atoms with Crippen molar-refractivity contribution in [3.8, 4) is 5.75 Å². The van der Waals surface area contributed by atoms with Crippen LogP contribution in [0.25, 0.3) is 0 Å². The van der Waals surface area contributed by atoms with Crippen LogP contribution in [-0.4, -0.2) is 55.0 Å². The fourth-order valence-electron chi connectivity index (χ4n) is 3.40. The van der Waals surface area contributed by atoms with Gasteiger partial charge in [0.2, 0.25) is 0 Å². The number of likely N-dealkylation sites (tertiary alicyclic amines) is 1. The standard InChI is InChI=1S/C17H18ClFN2O5/c18-13-5-11(19)1-2-14(13)24-6-10-3-12(4-10)26-16(23)21-7-17(8-21)9-25-15(22)20-17/h1-2,5,10,12H,3-4,6-9H2,(H,20,22)/t10-,12+. The van der Waals surface area contributed by atoms with Gasteiger partial charge in [-0.05, 0) is 37.0 Å². The van der Waals surface area contributed by atoms with E-state index in [-0.39, 0.29) is 29.7 Å². The molecule has 0 aromatic heterocycles. The molecular formula is C17H18ClFN2O5. The van der Waals surface area contributed by atoms with E-state index in [2.05, 4.69) is 5.32 Å². The zero-order valence-corrected chi connectivity index (χ0v) is 14.6. The molecule has 2 amide bonds. The topological polar surface area (TPSA) is 77.1 Å². The fraction of sp³-hybridized carbons (Fsp3) is 0.529. The molecule has 0 bridgehead atoms. The highest BCUT2D eigenvalue weighted by Crippen LogP contribution is 2.34. The van der Waals surface area contributed by atoms with Crippen LogP contribution in [-0.2, 0) is 9.47 Å². The third-order valence-electron chi connectivity index (χ3n) is 4.92. The minimum absolute atomic E-state index is 0.134. The molecule has 3 aliphatic rings. The second-order valence-electron chi connectivity index (χ2n) is 7.07. The summed E-state index contributed by atoms with van der Waals surface area (Å²) in [5.41, 5.74) is -0.444. The monoisotopic (exact) mass is 384 g/mol. The molecule has 3 fully saturated rings. The average Bonchev–Trinajstić information content (AvgIpc) is 2.91. The van der Waals surface area contributed by atoms with E-state index < -0.39 is 17.4 Å². The van der Waals surface area contributed by atoms with Crippen molar-refractivity contribution in [3.63, 3.8) is 0 Å². The Morgan fingerprint density at radius 1 is 1.42 bits per heavy atom. The number of ether oxygens (including phenoxy) is 3. The van der Waals surface area contributed by atoms with E-state index in [1.165, 1.54) is 18.2 Å². The van der Waals surface area contributed by atoms with Crippen LogP contribution < -0.4 is 10.1 Å². The van der Waals surface area contributed by atoms with E-state index in [0.717, 1.165) is 0 Å². The Balaban J connectivity index is 1.15. The Labute approximate surface area is 154 Å². The van der Waals surface area contributed by atoms with Gasteiger partial charge < -0.3 is 24.4 Å². The molecule has 4 rings (SSSR count). The van der Waals surface area contributed by atoms with Crippen LogP contribution in [0.2, 0.25) is 5.02 Å². The molecule has 1 saturated carbocycles. The first kappa shape index (κ1) is 17.2. The van der Waals surface area contributed by atoms with E-state index in [9.17, 15) is 14.0 Å². The molecule has 0 radical (unpaired) electrons. The zero-order chi connectivity index (χ0) is 18.3. The maximum Gasteiger partial charge on any atom is 0.410 e. The molecule has 0 atom stereocenters. The van der Waals surface area contributed by atoms with Crippen molar-refractivity contribution >= 4 is 23.8 Å². The largest absolute Gasteiger partial charge is 0.492 e. The predicted molar refractivity (Wildman–Crippen MR) is 88.7 cm³/mol. The molecular weight excluding hydrogens is 367 g/mol. The van der Waals surface area contributed by atoms with Crippen molar-refractivity contribution in [1.29, 1.82) is 0 Å². The van der Waals surface area contributed by atoms with Crippen molar-refractivity contribution in [2.45, 2.75) is 24.5 Å². The third-order valence-corrected chi connectivity index (χ3v) is 5.22. The molecule has 1 spiro atoms. The second-order valence-corrected chi connectivity index (χ2v) is 7.47. The molecule has 26 heavy (non-hydrogen) atoms. The molecule has 1 aromatic carbocycles. The molecule has 1 aliphatic carbocycles. The third kappa shape index (κ3) is 3.38. The molecule has 2 saturated heterocycles. The van der Waals surface area contributed by atoms with Gasteiger partial charge in [-0.2, -0.15) is 0 Å². The highest BCUT2D eigenvalue weighted by molar-refractivity contribution is 6.32. The lowest BCUT2D eigenvalue weighted by Gasteiger charge is -2.46. The van der Waals surface area contributed by atoms with Crippen LogP contribution >= 0.6 is 11.6 Å². The summed E-state index contributed by atoms with van der Waals surface area (Å²) < 4.78 is 28.9. The Hall–Kier alpha value is -2.22. The van der Waals surface area contributed by atoms with Gasteiger partial charge in [-0.3, -0.25) is 0 Å². The minimum Gasteiger partial charge on any atom is -0.492 e. The lowest BCUT2D eigenvalue weighted by Crippen LogP contribution is -2.70. The summed E-state index contributed by atoms with van der Waals surface area (Å²) in [4.78, 5) is 24.7. The summed E-state index contributed by atoms with van der Waals surface area (Å²) in [7, 11) is 0. The molecule has 2 aliphatic heterocycles. The van der Waals surface area contributed by atoms with Crippen LogP contribution in [0.15, 0.2) is 18.2 Å². The number of carbonyl (C=O) groups is 2. The minimum atomic E-state index is -0.444. The van der Waals surface area contributed by atoms with Gasteiger partial charge in [0.25, 0.3) is 0 Å². The van der Waals surface area contributed by atoms with Crippen LogP contribution in [0.4, 0.5) is 14.0 Å². The van der Waals surface area contributed by atoms with Crippen LogP contribution in [0.1, 0.15) is 12.8 Å². The molecule has 2 heterocycles. The lowest BCUT2D eigenvalue weighted by atomic mass is 9.83. The summed E-state index contributed by atoms with van der Waals surface area (Å²) >= 11 is 5.91. The summed E-state index contributed by atoms with van der Waals surface area (Å²) in [6, 6.07) is 4.00. The Morgan fingerprint density at radius 2 is 2.19 bits per heavy atom. The van der Waals surface area contributed by atoms with Crippen molar-refractivity contribution in [2.75, 3.05) is 26.3 Å². The smallest absolute Gasteiger partial charge is 0.410 e. The maximum atomic E-state index is 13.0. The summed E-state index contributed by atoms with van der Waals surface area (Å²) in [5.74, 6) is 0.300. The first-order chi connectivity index (χ1) is 12.4. The normalized spacial score (nSPS) is 25.8. The van der Waals surface area contributed by atoms with Gasteiger partial charge in [0.1, 0.15) is 29.8 Å². The van der Waals surface area contributed by atoms with E-state index >= 15 is 0 Å². The summed E-state index contributed by atoms with van der Waals surface area (Å²) in [6.45, 7) is 1.53. The Bertz CT molecular complexity index is 734. The van der Waals surface area contributed by atoms with Gasteiger partial charge in [-0.15, -0.1) is 0 Å². The van der Waals surface area contributed by atoms with E-state index in [1.54, 1.807) is 4.90 Å². The molecule has 7 nitrogen and oxygen atoms in total. The van der Waals surface area contributed by atoms with Gasteiger partial charge >= 0.3 is 12.2 Å². The number of nitrogens with one attached hydrogen (secondary N) is 1. The molecule has 1 aromatic rings. The van der Waals surface area contributed by atoms with Gasteiger partial charge in [-0.25, -0.2) is 14.0 Å². The first-order valence-electron chi connectivity index (χ1n) is 8.41. The number of nitrogens with zero attached hydrogens (tertiary/aromatic N) is 1. The Morgan fingerprint density at radius 3 is 2.85 bits per heavy atom. The van der Waals surface area contributed by atoms with Crippen LogP contribution in [0, 0.1) is 11.7 Å². The van der Waals surface area contributed by atoms with Crippen molar-refractivity contribution in [1.82, 2.24) is 10.2 Å². The van der Waals surface area contributed by atoms with Crippen molar-refractivity contribution in [3.05, 3.63) is 29.0 Å². The van der Waals surface area contributed by atoms with E-state index in [1.807, 2.05) is 0 Å². The molecule has 1 N–H and O–H groups in total. The predicted octanol–water partition coefficient (Wildman–Crippen LogP) is 2.57. The number of rotatable bonds is 4. The lowest BCUT2D eigenvalue weighted by molar-refractivity contribution is -0.0358. The number of amides is 2. The maximum absolute atomic E-state index is 13.0. The van der Waals surface area contributed by atoms with Gasteiger partial charge in [0.05, 0.1) is 24.7 Å². The highest BCUT2D eigenvalue weighted by Gasteiger charge is 2.52. The summed E-state index contributed by atoms with van der Waals surface area (Å²) in [6.07, 6.45) is 0.474. The van der Waals surface area contributed by atoms with Crippen LogP contribution in [0.5, 0.6) is 5.75 Å². The number of hydrogen-bond donors (Lipinski definition) is 1. The molecule has 9 heteroatoms. The molecule has 0 unspecified atom stereocenters.